The van der Waals surface area contributed by atoms with E-state index in [0.717, 1.165) is 19.3 Å². The summed E-state index contributed by atoms with van der Waals surface area (Å²) in [4.78, 5) is 0. The number of rotatable bonds is 5. The van der Waals surface area contributed by atoms with Gasteiger partial charge in [0.05, 0.1) is 0 Å². The van der Waals surface area contributed by atoms with Crippen molar-refractivity contribution in [3.8, 4) is 0 Å². The van der Waals surface area contributed by atoms with Crippen molar-refractivity contribution in [3.63, 3.8) is 0 Å². The van der Waals surface area contributed by atoms with E-state index in [1.165, 1.54) is 16.7 Å². The van der Waals surface area contributed by atoms with Crippen molar-refractivity contribution >= 4 is 5.57 Å². The summed E-state index contributed by atoms with van der Waals surface area (Å²) in [6.45, 7) is 13.8. The van der Waals surface area contributed by atoms with Crippen LogP contribution < -0.4 is 5.32 Å². The molecule has 2 rings (SSSR count). The van der Waals surface area contributed by atoms with Gasteiger partial charge in [0.15, 0.2) is 0 Å². The second-order valence-corrected chi connectivity index (χ2v) is 7.94. The molecular formula is C23H35N. The third-order valence-corrected chi connectivity index (χ3v) is 5.90. The van der Waals surface area contributed by atoms with E-state index in [2.05, 4.69) is 90.3 Å². The molecule has 1 unspecified atom stereocenters. The molecule has 1 N–H and O–H groups in total. The maximum absolute atomic E-state index is 3.64. The molecular weight excluding hydrogens is 290 g/mol. The van der Waals surface area contributed by atoms with Gasteiger partial charge in [-0.05, 0) is 54.5 Å². The second-order valence-electron chi connectivity index (χ2n) is 7.94. The Kier molecular flexibility index (Phi) is 5.75. The summed E-state index contributed by atoms with van der Waals surface area (Å²) in [5.41, 5.74) is 5.94. The van der Waals surface area contributed by atoms with Crippen LogP contribution >= 0.6 is 0 Å². The fourth-order valence-corrected chi connectivity index (χ4v) is 4.31. The smallest absolute Gasteiger partial charge is 0.0432 e. The molecule has 0 fully saturated rings. The Morgan fingerprint density at radius 2 is 1.75 bits per heavy atom. The highest BCUT2D eigenvalue weighted by molar-refractivity contribution is 5.75. The average molecular weight is 326 g/mol. The van der Waals surface area contributed by atoms with Gasteiger partial charge in [-0.3, -0.25) is 0 Å². The lowest BCUT2D eigenvalue weighted by molar-refractivity contribution is 0.330. The number of benzene rings is 1. The van der Waals surface area contributed by atoms with Gasteiger partial charge in [-0.15, -0.1) is 0 Å². The molecule has 1 aliphatic carbocycles. The van der Waals surface area contributed by atoms with Crippen LogP contribution in [0.2, 0.25) is 0 Å². The van der Waals surface area contributed by atoms with Crippen LogP contribution in [0.3, 0.4) is 0 Å². The minimum Gasteiger partial charge on any atom is -0.310 e. The summed E-state index contributed by atoms with van der Waals surface area (Å²) in [6.07, 6.45) is 8.19. The van der Waals surface area contributed by atoms with Gasteiger partial charge in [0.2, 0.25) is 0 Å². The van der Waals surface area contributed by atoms with Crippen molar-refractivity contribution < 1.29 is 0 Å². The lowest BCUT2D eigenvalue weighted by atomic mass is 9.61. The molecule has 0 saturated carbocycles. The first-order chi connectivity index (χ1) is 11.3. The van der Waals surface area contributed by atoms with Gasteiger partial charge in [0, 0.05) is 11.0 Å². The molecule has 0 heterocycles. The third-order valence-electron chi connectivity index (χ3n) is 5.90. The van der Waals surface area contributed by atoms with Gasteiger partial charge in [-0.1, -0.05) is 78.0 Å². The fraction of sp³-hybridized carbons (Fsp3) is 0.565. The summed E-state index contributed by atoms with van der Waals surface area (Å²) < 4.78 is 0. The molecule has 1 atom stereocenters. The number of nitrogens with one attached hydrogen (secondary N) is 1. The van der Waals surface area contributed by atoms with Gasteiger partial charge in [0.25, 0.3) is 0 Å². The number of hydrogen-bond donors (Lipinski definition) is 1. The Balaban J connectivity index is 2.52. The van der Waals surface area contributed by atoms with Gasteiger partial charge >= 0.3 is 0 Å². The van der Waals surface area contributed by atoms with Crippen LogP contribution in [0.25, 0.3) is 5.57 Å². The second kappa shape index (κ2) is 7.27. The highest BCUT2D eigenvalue weighted by Crippen LogP contribution is 2.51. The van der Waals surface area contributed by atoms with Crippen LogP contribution in [0.1, 0.15) is 77.8 Å². The Labute approximate surface area is 149 Å². The van der Waals surface area contributed by atoms with Gasteiger partial charge in [-0.2, -0.15) is 0 Å². The zero-order chi connectivity index (χ0) is 18.0. The monoisotopic (exact) mass is 325 g/mol. The molecule has 1 heteroatoms. The molecule has 1 aromatic rings. The zero-order valence-electron chi connectivity index (χ0n) is 16.7. The standard InChI is InChI=1S/C23H35N/c1-8-10-21-22(5,6)20(15-16-23(21,9-2)24-7)19-13-11-18(12-14-19)17(3)4/h10-15,17,24H,8-9,16H2,1-7H3/b21-10-. The molecule has 1 aromatic carbocycles. The molecule has 132 valence electrons. The van der Waals surface area contributed by atoms with Crippen molar-refractivity contribution in [3.05, 3.63) is 53.1 Å². The van der Waals surface area contributed by atoms with Crippen molar-refractivity contribution in [1.82, 2.24) is 5.32 Å². The molecule has 1 nitrogen and oxygen atoms in total. The first kappa shape index (κ1) is 19.0. The maximum Gasteiger partial charge on any atom is 0.0432 e. The molecule has 0 saturated heterocycles. The van der Waals surface area contributed by atoms with E-state index in [4.69, 9.17) is 0 Å². The minimum atomic E-state index is 0.0482. The topological polar surface area (TPSA) is 12.0 Å². The van der Waals surface area contributed by atoms with Gasteiger partial charge in [0.1, 0.15) is 0 Å². The predicted octanol–water partition coefficient (Wildman–Crippen LogP) is 6.33. The Morgan fingerprint density at radius 1 is 1.12 bits per heavy atom. The first-order valence-electron chi connectivity index (χ1n) is 9.53. The SMILES string of the molecule is CC/C=C1\C(CC)(NC)CC=C(c2ccc(C(C)C)cc2)C1(C)C. The molecule has 0 aromatic heterocycles. The third kappa shape index (κ3) is 3.24. The van der Waals surface area contributed by atoms with Crippen LogP contribution in [0.15, 0.2) is 42.0 Å². The zero-order valence-corrected chi connectivity index (χ0v) is 16.7. The molecule has 0 aliphatic heterocycles. The lowest BCUT2D eigenvalue weighted by Crippen LogP contribution is -2.50. The van der Waals surface area contributed by atoms with Gasteiger partial charge in [-0.25, -0.2) is 0 Å². The predicted molar refractivity (Wildman–Crippen MR) is 107 cm³/mol. The van der Waals surface area contributed by atoms with E-state index >= 15 is 0 Å². The largest absolute Gasteiger partial charge is 0.310 e. The molecule has 0 bridgehead atoms. The number of hydrogen-bond acceptors (Lipinski definition) is 1. The van der Waals surface area contributed by atoms with E-state index in [-0.39, 0.29) is 11.0 Å². The fourth-order valence-electron chi connectivity index (χ4n) is 4.31. The van der Waals surface area contributed by atoms with E-state index < -0.39 is 0 Å². The van der Waals surface area contributed by atoms with Crippen molar-refractivity contribution in [2.45, 2.75) is 72.3 Å². The van der Waals surface area contributed by atoms with E-state index in [1.54, 1.807) is 5.57 Å². The van der Waals surface area contributed by atoms with Crippen molar-refractivity contribution in [2.24, 2.45) is 5.41 Å². The van der Waals surface area contributed by atoms with Crippen LogP contribution in [0, 0.1) is 5.41 Å². The summed E-state index contributed by atoms with van der Waals surface area (Å²) in [5, 5.41) is 3.64. The molecule has 0 spiro atoms. The highest BCUT2D eigenvalue weighted by Gasteiger charge is 2.43. The summed E-state index contributed by atoms with van der Waals surface area (Å²) in [5.74, 6) is 0.583. The van der Waals surface area contributed by atoms with Crippen LogP contribution in [0.5, 0.6) is 0 Å². The van der Waals surface area contributed by atoms with Crippen molar-refractivity contribution in [2.75, 3.05) is 7.05 Å². The van der Waals surface area contributed by atoms with Crippen molar-refractivity contribution in [1.29, 1.82) is 0 Å². The molecule has 1 aliphatic rings. The Morgan fingerprint density at radius 3 is 2.21 bits per heavy atom. The highest BCUT2D eigenvalue weighted by atomic mass is 14.9. The first-order valence-corrected chi connectivity index (χ1v) is 9.53. The summed E-state index contributed by atoms with van der Waals surface area (Å²) in [7, 11) is 2.11. The normalized spacial score (nSPS) is 25.2. The summed E-state index contributed by atoms with van der Waals surface area (Å²) in [6, 6.07) is 9.20. The van der Waals surface area contributed by atoms with Crippen LogP contribution in [-0.4, -0.2) is 12.6 Å². The Hall–Kier alpha value is -1.34. The lowest BCUT2D eigenvalue weighted by Gasteiger charge is -2.48. The molecule has 0 radical (unpaired) electrons. The molecule has 24 heavy (non-hydrogen) atoms. The minimum absolute atomic E-state index is 0.0482. The number of likely N-dealkylation sites (N-methyl/N-ethyl adjacent to an activating group) is 1. The molecule has 0 amide bonds. The van der Waals surface area contributed by atoms with E-state index in [9.17, 15) is 0 Å². The quantitative estimate of drug-likeness (QED) is 0.624. The van der Waals surface area contributed by atoms with Crippen LogP contribution in [0.4, 0.5) is 0 Å². The average Bonchev–Trinajstić information content (AvgIpc) is 2.57. The van der Waals surface area contributed by atoms with Crippen LogP contribution in [-0.2, 0) is 0 Å². The van der Waals surface area contributed by atoms with E-state index in [0.29, 0.717) is 5.92 Å². The Bertz CT molecular complexity index is 610. The maximum atomic E-state index is 3.64. The van der Waals surface area contributed by atoms with Gasteiger partial charge < -0.3 is 5.32 Å². The summed E-state index contributed by atoms with van der Waals surface area (Å²) >= 11 is 0. The van der Waals surface area contributed by atoms with E-state index in [1.807, 2.05) is 0 Å². The number of allylic oxidation sites excluding steroid dienone is 2.